The number of aliphatic hydroxyl groups is 1. The smallest absolute Gasteiger partial charge is 0.179 e. The van der Waals surface area contributed by atoms with Crippen LogP contribution in [0.15, 0.2) is 29.2 Å². The predicted octanol–water partition coefficient (Wildman–Crippen LogP) is -0.0861. The summed E-state index contributed by atoms with van der Waals surface area (Å²) in [5, 5.41) is 20.0. The average Bonchev–Trinajstić information content (AvgIpc) is 2.35. The van der Waals surface area contributed by atoms with Crippen LogP contribution in [-0.4, -0.2) is 39.0 Å². The van der Waals surface area contributed by atoms with E-state index in [0.717, 1.165) is 0 Å². The lowest BCUT2D eigenvalue weighted by Gasteiger charge is -2.05. The zero-order valence-corrected chi connectivity index (χ0v) is 10.1. The number of benzene rings is 1. The molecule has 0 unspecified atom stereocenters. The maximum Gasteiger partial charge on any atom is 0.179 e. The standard InChI is InChI=1S/C11H14N2O3S/c12-9-10-2-1-3-11(8-10)17(15,16)7-5-13-4-6-14/h1-3,8,13-14H,4-7H2. The molecule has 17 heavy (non-hydrogen) atoms. The van der Waals surface area contributed by atoms with Crippen LogP contribution in [0.1, 0.15) is 5.56 Å². The van der Waals surface area contributed by atoms with E-state index in [1.807, 2.05) is 6.07 Å². The molecule has 0 spiro atoms. The van der Waals surface area contributed by atoms with Gasteiger partial charge in [0.05, 0.1) is 28.9 Å². The maximum atomic E-state index is 11.9. The van der Waals surface area contributed by atoms with Crippen LogP contribution in [0.5, 0.6) is 0 Å². The highest BCUT2D eigenvalue weighted by Gasteiger charge is 2.13. The molecule has 2 N–H and O–H groups in total. The molecule has 1 aromatic rings. The summed E-state index contributed by atoms with van der Waals surface area (Å²) in [6, 6.07) is 7.85. The van der Waals surface area contributed by atoms with Crippen molar-refractivity contribution in [1.29, 1.82) is 5.26 Å². The van der Waals surface area contributed by atoms with Gasteiger partial charge in [-0.05, 0) is 18.2 Å². The molecule has 0 heterocycles. The van der Waals surface area contributed by atoms with E-state index >= 15 is 0 Å². The summed E-state index contributed by atoms with van der Waals surface area (Å²) in [4.78, 5) is 0.155. The largest absolute Gasteiger partial charge is 0.395 e. The first-order chi connectivity index (χ1) is 8.10. The monoisotopic (exact) mass is 254 g/mol. The topological polar surface area (TPSA) is 90.2 Å². The molecule has 1 rings (SSSR count). The molecular formula is C11H14N2O3S. The van der Waals surface area contributed by atoms with Crippen molar-refractivity contribution < 1.29 is 13.5 Å². The van der Waals surface area contributed by atoms with E-state index in [9.17, 15) is 8.42 Å². The fourth-order valence-electron chi connectivity index (χ4n) is 1.29. The molecule has 0 radical (unpaired) electrons. The van der Waals surface area contributed by atoms with E-state index in [-0.39, 0.29) is 23.8 Å². The van der Waals surface area contributed by atoms with E-state index < -0.39 is 9.84 Å². The molecule has 0 bridgehead atoms. The van der Waals surface area contributed by atoms with Crippen molar-refractivity contribution in [2.45, 2.75) is 4.90 Å². The molecule has 92 valence electrons. The quantitative estimate of drug-likeness (QED) is 0.693. The van der Waals surface area contributed by atoms with Crippen LogP contribution in [0.25, 0.3) is 0 Å². The van der Waals surface area contributed by atoms with Gasteiger partial charge in [-0.3, -0.25) is 0 Å². The second kappa shape index (κ2) is 6.35. The van der Waals surface area contributed by atoms with E-state index in [2.05, 4.69) is 5.32 Å². The normalized spacial score (nSPS) is 11.1. The van der Waals surface area contributed by atoms with E-state index in [4.69, 9.17) is 10.4 Å². The maximum absolute atomic E-state index is 11.9. The van der Waals surface area contributed by atoms with Crippen LogP contribution in [0.4, 0.5) is 0 Å². The highest BCUT2D eigenvalue weighted by molar-refractivity contribution is 7.91. The molecule has 5 nitrogen and oxygen atoms in total. The fraction of sp³-hybridized carbons (Fsp3) is 0.364. The fourth-order valence-corrected chi connectivity index (χ4v) is 2.53. The first-order valence-electron chi connectivity index (χ1n) is 5.14. The molecule has 0 amide bonds. The Labute approximate surface area is 101 Å². The van der Waals surface area contributed by atoms with Gasteiger partial charge in [0.1, 0.15) is 0 Å². The van der Waals surface area contributed by atoms with Crippen molar-refractivity contribution >= 4 is 9.84 Å². The van der Waals surface area contributed by atoms with Gasteiger partial charge >= 0.3 is 0 Å². The second-order valence-electron chi connectivity index (χ2n) is 3.43. The Morgan fingerprint density at radius 2 is 2.12 bits per heavy atom. The number of sulfone groups is 1. The van der Waals surface area contributed by atoms with Gasteiger partial charge in [0.2, 0.25) is 0 Å². The van der Waals surface area contributed by atoms with Gasteiger partial charge in [0.15, 0.2) is 9.84 Å². The minimum atomic E-state index is -3.37. The first-order valence-corrected chi connectivity index (χ1v) is 6.80. The minimum absolute atomic E-state index is 0.0238. The van der Waals surface area contributed by atoms with Crippen LogP contribution in [0, 0.1) is 11.3 Å². The lowest BCUT2D eigenvalue weighted by Crippen LogP contribution is -2.25. The zero-order valence-electron chi connectivity index (χ0n) is 9.26. The minimum Gasteiger partial charge on any atom is -0.395 e. The summed E-state index contributed by atoms with van der Waals surface area (Å²) in [7, 11) is -3.37. The molecule has 0 saturated heterocycles. The van der Waals surface area contributed by atoms with Gasteiger partial charge in [-0.1, -0.05) is 6.07 Å². The molecule has 0 saturated carbocycles. The Balaban J connectivity index is 2.73. The number of nitriles is 1. The van der Waals surface area contributed by atoms with Gasteiger partial charge in [-0.25, -0.2) is 8.42 Å². The van der Waals surface area contributed by atoms with Crippen molar-refractivity contribution in [1.82, 2.24) is 5.32 Å². The summed E-state index contributed by atoms with van der Waals surface area (Å²) >= 11 is 0. The highest BCUT2D eigenvalue weighted by Crippen LogP contribution is 2.12. The molecular weight excluding hydrogens is 240 g/mol. The summed E-state index contributed by atoms with van der Waals surface area (Å²) in [6.45, 7) is 0.622. The molecule has 0 aliphatic heterocycles. The van der Waals surface area contributed by atoms with Crippen molar-refractivity contribution in [2.75, 3.05) is 25.4 Å². The second-order valence-corrected chi connectivity index (χ2v) is 5.54. The number of nitrogens with one attached hydrogen (secondary N) is 1. The van der Waals surface area contributed by atoms with E-state index in [1.165, 1.54) is 12.1 Å². The molecule has 0 aromatic heterocycles. The van der Waals surface area contributed by atoms with Crippen LogP contribution in [0.2, 0.25) is 0 Å². The molecule has 0 fully saturated rings. The molecule has 1 aromatic carbocycles. The van der Waals surface area contributed by atoms with Crippen molar-refractivity contribution in [3.63, 3.8) is 0 Å². The third-order valence-electron chi connectivity index (χ3n) is 2.16. The van der Waals surface area contributed by atoms with Crippen LogP contribution < -0.4 is 5.32 Å². The lowest BCUT2D eigenvalue weighted by atomic mass is 10.2. The van der Waals surface area contributed by atoms with Crippen molar-refractivity contribution in [3.8, 4) is 6.07 Å². The third-order valence-corrected chi connectivity index (χ3v) is 3.87. The number of aliphatic hydroxyl groups excluding tert-OH is 1. The third kappa shape index (κ3) is 4.15. The Kier molecular flexibility index (Phi) is 5.10. The van der Waals surface area contributed by atoms with Crippen LogP contribution >= 0.6 is 0 Å². The zero-order chi connectivity index (χ0) is 12.7. The first kappa shape index (κ1) is 13.6. The lowest BCUT2D eigenvalue weighted by molar-refractivity contribution is 0.293. The van der Waals surface area contributed by atoms with E-state index in [1.54, 1.807) is 12.1 Å². The number of nitrogens with zero attached hydrogens (tertiary/aromatic N) is 1. The van der Waals surface area contributed by atoms with Crippen LogP contribution in [0.3, 0.4) is 0 Å². The summed E-state index contributed by atoms with van der Waals surface area (Å²) in [6.07, 6.45) is 0. The van der Waals surface area contributed by atoms with Crippen molar-refractivity contribution in [3.05, 3.63) is 29.8 Å². The average molecular weight is 254 g/mol. The summed E-state index contributed by atoms with van der Waals surface area (Å²) in [5.74, 6) is -0.0537. The Bertz CT molecular complexity index is 506. The number of rotatable bonds is 6. The summed E-state index contributed by atoms with van der Waals surface area (Å²) < 4.78 is 23.7. The number of hydrogen-bond acceptors (Lipinski definition) is 5. The van der Waals surface area contributed by atoms with Gasteiger partial charge in [0.25, 0.3) is 0 Å². The SMILES string of the molecule is N#Cc1cccc(S(=O)(=O)CCNCCO)c1. The van der Waals surface area contributed by atoms with Gasteiger partial charge in [0, 0.05) is 13.1 Å². The molecule has 0 aliphatic rings. The number of hydrogen-bond donors (Lipinski definition) is 2. The molecule has 0 atom stereocenters. The van der Waals surface area contributed by atoms with Crippen molar-refractivity contribution in [2.24, 2.45) is 0 Å². The predicted molar refractivity (Wildman–Crippen MR) is 63.2 cm³/mol. The molecule has 0 aliphatic carbocycles. The Morgan fingerprint density at radius 1 is 1.35 bits per heavy atom. The van der Waals surface area contributed by atoms with Gasteiger partial charge in [-0.15, -0.1) is 0 Å². The summed E-state index contributed by atoms with van der Waals surface area (Å²) in [5.41, 5.74) is 0.328. The van der Waals surface area contributed by atoms with Gasteiger partial charge < -0.3 is 10.4 Å². The Hall–Kier alpha value is -1.42. The highest BCUT2D eigenvalue weighted by atomic mass is 32.2. The molecule has 6 heteroatoms. The van der Waals surface area contributed by atoms with E-state index in [0.29, 0.717) is 12.1 Å². The van der Waals surface area contributed by atoms with Crippen LogP contribution in [-0.2, 0) is 9.84 Å². The van der Waals surface area contributed by atoms with Gasteiger partial charge in [-0.2, -0.15) is 5.26 Å². The Morgan fingerprint density at radius 3 is 2.76 bits per heavy atom.